The summed E-state index contributed by atoms with van der Waals surface area (Å²) in [5, 5.41) is 6.71. The van der Waals surface area contributed by atoms with Crippen molar-refractivity contribution < 1.29 is 4.42 Å². The number of benzene rings is 11. The fourth-order valence-corrected chi connectivity index (χ4v) is 11.5. The van der Waals surface area contributed by atoms with Crippen LogP contribution in [0.15, 0.2) is 265 Å². The van der Waals surface area contributed by atoms with Crippen molar-refractivity contribution in [3.05, 3.63) is 261 Å². The lowest BCUT2D eigenvalue weighted by Crippen LogP contribution is -2.04. The molecular weight excluding hydrogens is 915 g/mol. The molecule has 0 N–H and O–H groups in total. The SMILES string of the molecule is c1ccc(-c2ccc(-c3nc(-c4ccccc4-n4c5cc(-c6ccccc6)ccc5c5c(-c6cccc7c6c6ccccc6n7-c6ccccc6)cccc54)nc(-c4cccc5oc6ccccc6c45)n3)cc2)cc1. The van der Waals surface area contributed by atoms with Crippen LogP contribution < -0.4 is 0 Å². The lowest BCUT2D eigenvalue weighted by atomic mass is 9.95. The van der Waals surface area contributed by atoms with E-state index < -0.39 is 0 Å². The Hall–Kier alpha value is -10.2. The highest BCUT2D eigenvalue weighted by molar-refractivity contribution is 6.22. The predicted octanol–water partition coefficient (Wildman–Crippen LogP) is 18.0. The summed E-state index contributed by atoms with van der Waals surface area (Å²) in [6, 6.07) is 92.3. The maximum Gasteiger partial charge on any atom is 0.166 e. The van der Waals surface area contributed by atoms with Gasteiger partial charge >= 0.3 is 0 Å². The molecule has 4 heterocycles. The van der Waals surface area contributed by atoms with Gasteiger partial charge in [0.05, 0.1) is 27.8 Å². The van der Waals surface area contributed by atoms with Gasteiger partial charge < -0.3 is 13.6 Å². The maximum absolute atomic E-state index is 6.42. The summed E-state index contributed by atoms with van der Waals surface area (Å²) in [6.45, 7) is 0. The van der Waals surface area contributed by atoms with E-state index in [-0.39, 0.29) is 0 Å². The third-order valence-corrected chi connectivity index (χ3v) is 14.8. The number of aromatic nitrogens is 5. The van der Waals surface area contributed by atoms with Crippen molar-refractivity contribution in [1.82, 2.24) is 24.1 Å². The van der Waals surface area contributed by atoms with Gasteiger partial charge in [0.25, 0.3) is 0 Å². The van der Waals surface area contributed by atoms with Crippen LogP contribution in [0.3, 0.4) is 0 Å². The second kappa shape index (κ2) is 17.3. The van der Waals surface area contributed by atoms with E-state index in [4.69, 9.17) is 19.4 Å². The number of nitrogens with zero attached hydrogens (tertiary/aromatic N) is 5. The van der Waals surface area contributed by atoms with Gasteiger partial charge in [-0.2, -0.15) is 0 Å². The molecule has 0 radical (unpaired) electrons. The van der Waals surface area contributed by atoms with E-state index in [1.165, 1.54) is 27.2 Å². The number of rotatable bonds is 8. The van der Waals surface area contributed by atoms with Crippen molar-refractivity contribution in [3.63, 3.8) is 0 Å². The first kappa shape index (κ1) is 42.5. The molecule has 15 aromatic rings. The molecule has 0 saturated carbocycles. The molecule has 0 fully saturated rings. The number of furan rings is 1. The fourth-order valence-electron chi connectivity index (χ4n) is 11.5. The van der Waals surface area contributed by atoms with Gasteiger partial charge in [-0.05, 0) is 94.0 Å². The molecule has 15 rings (SSSR count). The third-order valence-electron chi connectivity index (χ3n) is 14.8. The van der Waals surface area contributed by atoms with E-state index in [2.05, 4.69) is 234 Å². The van der Waals surface area contributed by atoms with Crippen LogP contribution in [0.4, 0.5) is 0 Å². The van der Waals surface area contributed by atoms with Gasteiger partial charge in [-0.25, -0.2) is 15.0 Å². The minimum absolute atomic E-state index is 0.561. The van der Waals surface area contributed by atoms with Crippen LogP contribution in [0.25, 0.3) is 144 Å². The molecule has 0 aliphatic carbocycles. The Balaban J connectivity index is 0.993. The topological polar surface area (TPSA) is 61.7 Å². The summed E-state index contributed by atoms with van der Waals surface area (Å²) in [6.07, 6.45) is 0. The Morgan fingerprint density at radius 2 is 0.747 bits per heavy atom. The van der Waals surface area contributed by atoms with E-state index in [1.807, 2.05) is 36.4 Å². The minimum atomic E-state index is 0.561. The molecule has 0 atom stereocenters. The van der Waals surface area contributed by atoms with Crippen LogP contribution >= 0.6 is 0 Å². The predicted molar refractivity (Wildman–Crippen MR) is 308 cm³/mol. The number of fused-ring (bicyclic) bond motifs is 9. The molecule has 0 bridgehead atoms. The fraction of sp³-hybridized carbons (Fsp3) is 0. The van der Waals surface area contributed by atoms with E-state index in [0.29, 0.717) is 17.5 Å². The average molecular weight is 958 g/mol. The van der Waals surface area contributed by atoms with Gasteiger partial charge in [-0.15, -0.1) is 0 Å². The Labute approximate surface area is 431 Å². The second-order valence-corrected chi connectivity index (χ2v) is 19.1. The van der Waals surface area contributed by atoms with Gasteiger partial charge in [0.2, 0.25) is 0 Å². The molecule has 0 spiro atoms. The molecular formula is C69H43N5O. The van der Waals surface area contributed by atoms with Crippen LogP contribution in [0, 0.1) is 0 Å². The maximum atomic E-state index is 6.42. The standard InChI is InChI=1S/C69H43N5O/c1-4-19-44(20-5-1)46-37-39-47(40-38-46)67-70-68(72-69(71-67)56-30-18-36-63-66(56)55-27-12-15-35-62(55)75-63)54-26-11-14-32-58(54)74-60-34-17-29-51(65(60)53-42-41-48(43-61(53)74)45-21-6-2-7-22-45)50-28-16-33-59-64(50)52-25-10-13-31-57(52)73(59)49-23-8-3-9-24-49/h1-43H. The van der Waals surface area contributed by atoms with E-state index >= 15 is 0 Å². The Kier molecular flexibility index (Phi) is 9.78. The molecule has 350 valence electrons. The Morgan fingerprint density at radius 1 is 0.267 bits per heavy atom. The molecule has 0 unspecified atom stereocenters. The smallest absolute Gasteiger partial charge is 0.166 e. The molecule has 6 nitrogen and oxygen atoms in total. The number of hydrogen-bond acceptors (Lipinski definition) is 4. The first-order valence-corrected chi connectivity index (χ1v) is 25.3. The van der Waals surface area contributed by atoms with Crippen LogP contribution in [0.2, 0.25) is 0 Å². The first-order chi connectivity index (χ1) is 37.2. The normalized spacial score (nSPS) is 11.7. The van der Waals surface area contributed by atoms with Crippen molar-refractivity contribution in [3.8, 4) is 78.9 Å². The summed E-state index contributed by atoms with van der Waals surface area (Å²) in [4.78, 5) is 16.2. The zero-order chi connectivity index (χ0) is 49.4. The van der Waals surface area contributed by atoms with Crippen molar-refractivity contribution >= 4 is 65.6 Å². The van der Waals surface area contributed by atoms with Crippen LogP contribution in [0.5, 0.6) is 0 Å². The lowest BCUT2D eigenvalue weighted by Gasteiger charge is -2.15. The van der Waals surface area contributed by atoms with Gasteiger partial charge in [-0.1, -0.05) is 200 Å². The van der Waals surface area contributed by atoms with Crippen molar-refractivity contribution in [2.75, 3.05) is 0 Å². The number of hydrogen-bond donors (Lipinski definition) is 0. The van der Waals surface area contributed by atoms with E-state index in [1.54, 1.807) is 0 Å². The van der Waals surface area contributed by atoms with Gasteiger partial charge in [0, 0.05) is 54.7 Å². The van der Waals surface area contributed by atoms with Crippen molar-refractivity contribution in [2.45, 2.75) is 0 Å². The third kappa shape index (κ3) is 6.92. The number of para-hydroxylation sites is 4. The quantitative estimate of drug-likeness (QED) is 0.152. The van der Waals surface area contributed by atoms with Crippen LogP contribution in [0.1, 0.15) is 0 Å². The zero-order valence-electron chi connectivity index (χ0n) is 40.5. The first-order valence-electron chi connectivity index (χ1n) is 25.3. The molecule has 75 heavy (non-hydrogen) atoms. The molecule has 4 aromatic heterocycles. The summed E-state index contributed by atoms with van der Waals surface area (Å²) in [5.41, 5.74) is 17.7. The highest BCUT2D eigenvalue weighted by atomic mass is 16.3. The monoisotopic (exact) mass is 957 g/mol. The highest BCUT2D eigenvalue weighted by Gasteiger charge is 2.24. The van der Waals surface area contributed by atoms with Gasteiger partial charge in [0.1, 0.15) is 11.2 Å². The van der Waals surface area contributed by atoms with Crippen LogP contribution in [-0.4, -0.2) is 24.1 Å². The summed E-state index contributed by atoms with van der Waals surface area (Å²) >= 11 is 0. The van der Waals surface area contributed by atoms with Gasteiger partial charge in [0.15, 0.2) is 17.5 Å². The van der Waals surface area contributed by atoms with Crippen LogP contribution in [-0.2, 0) is 0 Å². The molecule has 0 amide bonds. The average Bonchev–Trinajstić information content (AvgIpc) is 4.23. The molecule has 6 heteroatoms. The highest BCUT2D eigenvalue weighted by Crippen LogP contribution is 2.46. The minimum Gasteiger partial charge on any atom is -0.456 e. The van der Waals surface area contributed by atoms with Crippen molar-refractivity contribution in [2.24, 2.45) is 0 Å². The van der Waals surface area contributed by atoms with E-state index in [9.17, 15) is 0 Å². The van der Waals surface area contributed by atoms with Crippen molar-refractivity contribution in [1.29, 1.82) is 0 Å². The van der Waals surface area contributed by atoms with E-state index in [0.717, 1.165) is 99.8 Å². The van der Waals surface area contributed by atoms with Gasteiger partial charge in [-0.3, -0.25) is 0 Å². The largest absolute Gasteiger partial charge is 0.456 e. The molecule has 11 aromatic carbocycles. The Morgan fingerprint density at radius 3 is 1.49 bits per heavy atom. The lowest BCUT2D eigenvalue weighted by molar-refractivity contribution is 0.669. The zero-order valence-corrected chi connectivity index (χ0v) is 40.5. The summed E-state index contributed by atoms with van der Waals surface area (Å²) in [7, 11) is 0. The summed E-state index contributed by atoms with van der Waals surface area (Å²) < 4.78 is 11.2. The second-order valence-electron chi connectivity index (χ2n) is 19.1. The molecule has 0 aliphatic rings. The molecule has 0 aliphatic heterocycles. The Bertz CT molecular complexity index is 4690. The molecule has 0 saturated heterocycles. The summed E-state index contributed by atoms with van der Waals surface area (Å²) in [5.74, 6) is 1.70.